The normalized spacial score (nSPS) is 22.8. The molecule has 25 heavy (non-hydrogen) atoms. The van der Waals surface area contributed by atoms with Gasteiger partial charge in [-0.1, -0.05) is 33.8 Å². The lowest BCUT2D eigenvalue weighted by Crippen LogP contribution is -2.40. The van der Waals surface area contributed by atoms with E-state index in [4.69, 9.17) is 9.16 Å². The molecule has 0 aliphatic carbocycles. The number of hydrogen-bond acceptors (Lipinski definition) is 4. The summed E-state index contributed by atoms with van der Waals surface area (Å²) in [5.74, 6) is 0.369. The van der Waals surface area contributed by atoms with E-state index in [0.717, 1.165) is 56.5 Å². The average molecular weight is 369 g/mol. The van der Waals surface area contributed by atoms with Crippen LogP contribution in [-0.4, -0.2) is 32.8 Å². The van der Waals surface area contributed by atoms with E-state index in [1.54, 1.807) is 6.08 Å². The Morgan fingerprint density at radius 1 is 1.28 bits per heavy atom. The van der Waals surface area contributed by atoms with Gasteiger partial charge in [-0.15, -0.1) is 0 Å². The standard InChI is InChI=1S/C20H36O4Si/c1-5-25(6-2,7-3)24-18(11-8-9-14-21)12-10-13-19-15-17(4)16-20(22)23-19/h8-9,14,17-19H,5-7,10-13,15-16H2,1-4H3/b9-8+/t17-,18-,19-/m0/s1. The van der Waals surface area contributed by atoms with Gasteiger partial charge in [-0.2, -0.15) is 0 Å². The van der Waals surface area contributed by atoms with Gasteiger partial charge >= 0.3 is 5.97 Å². The third-order valence-electron chi connectivity index (χ3n) is 5.49. The fourth-order valence-electron chi connectivity index (χ4n) is 3.71. The highest BCUT2D eigenvalue weighted by molar-refractivity contribution is 6.73. The topological polar surface area (TPSA) is 52.6 Å². The van der Waals surface area contributed by atoms with Crippen LogP contribution in [0.4, 0.5) is 0 Å². The Morgan fingerprint density at radius 2 is 1.96 bits per heavy atom. The second-order valence-corrected chi connectivity index (χ2v) is 12.1. The number of allylic oxidation sites excluding steroid dienone is 1. The molecule has 1 rings (SSSR count). The Morgan fingerprint density at radius 3 is 2.52 bits per heavy atom. The van der Waals surface area contributed by atoms with Gasteiger partial charge in [-0.3, -0.25) is 9.59 Å². The van der Waals surface area contributed by atoms with E-state index in [1.165, 1.54) is 0 Å². The summed E-state index contributed by atoms with van der Waals surface area (Å²) in [6.45, 7) is 8.83. The zero-order chi connectivity index (χ0) is 18.7. The van der Waals surface area contributed by atoms with Crippen LogP contribution in [0.1, 0.15) is 66.2 Å². The number of carbonyl (C=O) groups excluding carboxylic acids is 2. The van der Waals surface area contributed by atoms with Crippen molar-refractivity contribution in [2.24, 2.45) is 5.92 Å². The molecule has 1 aliphatic rings. The highest BCUT2D eigenvalue weighted by Crippen LogP contribution is 2.28. The molecule has 5 heteroatoms. The van der Waals surface area contributed by atoms with Crippen LogP contribution in [0.15, 0.2) is 12.2 Å². The molecule has 3 atom stereocenters. The molecule has 4 nitrogen and oxygen atoms in total. The van der Waals surface area contributed by atoms with Crippen molar-refractivity contribution in [2.45, 2.75) is 96.6 Å². The average Bonchev–Trinajstić information content (AvgIpc) is 2.59. The largest absolute Gasteiger partial charge is 0.462 e. The lowest BCUT2D eigenvalue weighted by Gasteiger charge is -2.33. The Hall–Kier alpha value is -0.943. The van der Waals surface area contributed by atoms with Gasteiger partial charge in [0.25, 0.3) is 0 Å². The second-order valence-electron chi connectivity index (χ2n) is 7.37. The summed E-state index contributed by atoms with van der Waals surface area (Å²) in [7, 11) is -1.66. The zero-order valence-corrected chi connectivity index (χ0v) is 17.5. The third-order valence-corrected chi connectivity index (χ3v) is 10.2. The molecule has 0 N–H and O–H groups in total. The van der Waals surface area contributed by atoms with E-state index < -0.39 is 8.32 Å². The summed E-state index contributed by atoms with van der Waals surface area (Å²) in [4.78, 5) is 22.1. The Labute approximate surface area is 154 Å². The molecular weight excluding hydrogens is 332 g/mol. The van der Waals surface area contributed by atoms with Crippen LogP contribution in [0.2, 0.25) is 18.1 Å². The van der Waals surface area contributed by atoms with Crippen molar-refractivity contribution in [2.75, 3.05) is 0 Å². The maximum Gasteiger partial charge on any atom is 0.306 e. The van der Waals surface area contributed by atoms with E-state index in [1.807, 2.05) is 6.08 Å². The van der Waals surface area contributed by atoms with Crippen molar-refractivity contribution < 1.29 is 18.8 Å². The van der Waals surface area contributed by atoms with Crippen molar-refractivity contribution in [1.82, 2.24) is 0 Å². The van der Waals surface area contributed by atoms with Gasteiger partial charge in [0, 0.05) is 12.5 Å². The van der Waals surface area contributed by atoms with Crippen LogP contribution in [0.3, 0.4) is 0 Å². The van der Waals surface area contributed by atoms with Gasteiger partial charge in [0.2, 0.25) is 0 Å². The summed E-state index contributed by atoms with van der Waals surface area (Å²) in [6, 6.07) is 3.39. The minimum atomic E-state index is -1.66. The zero-order valence-electron chi connectivity index (χ0n) is 16.5. The number of hydrogen-bond donors (Lipinski definition) is 0. The van der Waals surface area contributed by atoms with E-state index in [9.17, 15) is 9.59 Å². The Balaban J connectivity index is 2.56. The molecule has 0 aromatic heterocycles. The molecule has 1 saturated heterocycles. The second kappa shape index (κ2) is 11.6. The van der Waals surface area contributed by atoms with Crippen LogP contribution in [0, 0.1) is 5.92 Å². The fraction of sp³-hybridized carbons (Fsp3) is 0.800. The molecule has 1 aliphatic heterocycles. The number of rotatable bonds is 12. The first-order valence-electron chi connectivity index (χ1n) is 9.96. The summed E-state index contributed by atoms with van der Waals surface area (Å²) in [5.41, 5.74) is 0. The van der Waals surface area contributed by atoms with E-state index in [2.05, 4.69) is 27.7 Å². The van der Waals surface area contributed by atoms with Gasteiger partial charge < -0.3 is 9.16 Å². The lowest BCUT2D eigenvalue weighted by molar-refractivity contribution is -0.156. The van der Waals surface area contributed by atoms with Crippen LogP contribution in [0.25, 0.3) is 0 Å². The van der Waals surface area contributed by atoms with Crippen LogP contribution in [-0.2, 0) is 18.8 Å². The molecule has 0 aromatic rings. The molecule has 1 heterocycles. The van der Waals surface area contributed by atoms with Crippen molar-refractivity contribution in [3.8, 4) is 0 Å². The van der Waals surface area contributed by atoms with E-state index in [-0.39, 0.29) is 18.2 Å². The quantitative estimate of drug-likeness (QED) is 0.210. The van der Waals surface area contributed by atoms with Crippen molar-refractivity contribution in [1.29, 1.82) is 0 Å². The van der Waals surface area contributed by atoms with E-state index >= 15 is 0 Å². The van der Waals surface area contributed by atoms with Gasteiger partial charge in [-0.05, 0) is 62.2 Å². The first-order valence-corrected chi connectivity index (χ1v) is 12.5. The minimum absolute atomic E-state index is 0.0557. The molecule has 0 spiro atoms. The van der Waals surface area contributed by atoms with Crippen LogP contribution < -0.4 is 0 Å². The lowest BCUT2D eigenvalue weighted by atomic mass is 9.94. The first kappa shape index (κ1) is 22.1. The SMILES string of the molecule is CC[Si](CC)(CC)O[C@@H](C/C=C/C=O)CCC[C@H]1C[C@H](C)CC(=O)O1. The van der Waals surface area contributed by atoms with Gasteiger partial charge in [0.05, 0.1) is 0 Å². The van der Waals surface area contributed by atoms with E-state index in [0.29, 0.717) is 12.3 Å². The highest BCUT2D eigenvalue weighted by Gasteiger charge is 2.32. The molecule has 144 valence electrons. The maximum atomic E-state index is 11.6. The van der Waals surface area contributed by atoms with Crippen LogP contribution >= 0.6 is 0 Å². The summed E-state index contributed by atoms with van der Waals surface area (Å²) in [6.07, 6.45) is 9.70. The van der Waals surface area contributed by atoms with Crippen molar-refractivity contribution in [3.05, 3.63) is 12.2 Å². The molecule has 0 amide bonds. The fourth-order valence-corrected chi connectivity index (χ4v) is 6.63. The van der Waals surface area contributed by atoms with Gasteiger partial charge in [-0.25, -0.2) is 0 Å². The molecule has 0 saturated carbocycles. The Kier molecular flexibility index (Phi) is 10.3. The molecule has 0 unspecified atom stereocenters. The predicted octanol–water partition coefficient (Wildman–Crippen LogP) is 5.03. The van der Waals surface area contributed by atoms with Crippen molar-refractivity contribution >= 4 is 20.6 Å². The highest BCUT2D eigenvalue weighted by atomic mass is 28.4. The number of cyclic esters (lactones) is 1. The summed E-state index contributed by atoms with van der Waals surface area (Å²) >= 11 is 0. The Bertz CT molecular complexity index is 423. The smallest absolute Gasteiger partial charge is 0.306 e. The van der Waals surface area contributed by atoms with Crippen LogP contribution in [0.5, 0.6) is 0 Å². The number of esters is 1. The molecule has 0 aromatic carbocycles. The molecular formula is C20H36O4Si. The summed E-state index contributed by atoms with van der Waals surface area (Å²) < 4.78 is 12.1. The maximum absolute atomic E-state index is 11.6. The predicted molar refractivity (Wildman–Crippen MR) is 104 cm³/mol. The first-order chi connectivity index (χ1) is 12.0. The molecule has 0 radical (unpaired) electrons. The summed E-state index contributed by atoms with van der Waals surface area (Å²) in [5, 5.41) is 0. The van der Waals surface area contributed by atoms with Gasteiger partial charge in [0.15, 0.2) is 8.32 Å². The number of aldehydes is 1. The molecule has 0 bridgehead atoms. The minimum Gasteiger partial charge on any atom is -0.462 e. The van der Waals surface area contributed by atoms with Crippen molar-refractivity contribution in [3.63, 3.8) is 0 Å². The third kappa shape index (κ3) is 7.86. The van der Waals surface area contributed by atoms with Gasteiger partial charge in [0.1, 0.15) is 12.4 Å². The number of ether oxygens (including phenoxy) is 1. The number of carbonyl (C=O) groups is 2. The monoisotopic (exact) mass is 368 g/mol. The molecule has 1 fully saturated rings.